The van der Waals surface area contributed by atoms with Crippen molar-refractivity contribution in [2.24, 2.45) is 0 Å². The molecule has 144 valence electrons. The number of pyridine rings is 1. The van der Waals surface area contributed by atoms with E-state index < -0.39 is 0 Å². The van der Waals surface area contributed by atoms with Crippen molar-refractivity contribution in [1.82, 2.24) is 15.3 Å². The second-order valence-corrected chi connectivity index (χ2v) is 7.83. The summed E-state index contributed by atoms with van der Waals surface area (Å²) in [6, 6.07) is 10.3. The summed E-state index contributed by atoms with van der Waals surface area (Å²) in [7, 11) is 0. The number of carbonyl (C=O) groups excluding carboxylic acids is 2. The fraction of sp³-hybridized carbons (Fsp3) is 0.200. The third-order valence-corrected chi connectivity index (χ3v) is 5.29. The van der Waals surface area contributed by atoms with Crippen LogP contribution in [-0.4, -0.2) is 27.8 Å². The highest BCUT2D eigenvalue weighted by atomic mass is 35.5. The number of hydrogen-bond donors (Lipinski definition) is 2. The highest BCUT2D eigenvalue weighted by Gasteiger charge is 2.18. The topological polar surface area (TPSA) is 84.0 Å². The molecule has 0 aliphatic carbocycles. The Morgan fingerprint density at radius 2 is 1.93 bits per heavy atom. The van der Waals surface area contributed by atoms with Gasteiger partial charge in [-0.15, -0.1) is 11.3 Å². The standard InChI is InChI=1S/C20H19ClN4O2S/c1-11(2)23-18(26)13-7-8-14(21)16(10-13)25-19(27)17-12(3)24-20(28-17)15-6-4-5-9-22-15/h4-11H,1-3H3,(H,23,26)(H,25,27). The van der Waals surface area contributed by atoms with Crippen LogP contribution in [0.4, 0.5) is 5.69 Å². The molecule has 6 nitrogen and oxygen atoms in total. The summed E-state index contributed by atoms with van der Waals surface area (Å²) in [6.45, 7) is 5.52. The lowest BCUT2D eigenvalue weighted by atomic mass is 10.1. The quantitative estimate of drug-likeness (QED) is 0.641. The van der Waals surface area contributed by atoms with E-state index in [0.717, 1.165) is 0 Å². The van der Waals surface area contributed by atoms with Crippen LogP contribution in [-0.2, 0) is 0 Å². The Labute approximate surface area is 172 Å². The molecule has 2 heterocycles. The smallest absolute Gasteiger partial charge is 0.267 e. The van der Waals surface area contributed by atoms with Gasteiger partial charge in [0.05, 0.1) is 22.1 Å². The molecule has 2 N–H and O–H groups in total. The Hall–Kier alpha value is -2.77. The molecule has 3 rings (SSSR count). The number of nitrogens with one attached hydrogen (secondary N) is 2. The predicted octanol–water partition coefficient (Wildman–Crippen LogP) is 4.56. The van der Waals surface area contributed by atoms with E-state index in [9.17, 15) is 9.59 Å². The fourth-order valence-corrected chi connectivity index (χ4v) is 3.60. The van der Waals surface area contributed by atoms with Crippen molar-refractivity contribution in [3.8, 4) is 10.7 Å². The summed E-state index contributed by atoms with van der Waals surface area (Å²) in [5.74, 6) is -0.561. The molecule has 0 spiro atoms. The molecule has 0 saturated heterocycles. The third kappa shape index (κ3) is 4.55. The zero-order valence-corrected chi connectivity index (χ0v) is 17.2. The average Bonchev–Trinajstić information content (AvgIpc) is 3.05. The Balaban J connectivity index is 1.83. The summed E-state index contributed by atoms with van der Waals surface area (Å²) < 4.78 is 0. The molecule has 8 heteroatoms. The number of nitrogens with zero attached hydrogens (tertiary/aromatic N) is 2. The number of carbonyl (C=O) groups is 2. The molecule has 0 radical (unpaired) electrons. The molecule has 0 atom stereocenters. The average molecular weight is 415 g/mol. The van der Waals surface area contributed by atoms with Gasteiger partial charge >= 0.3 is 0 Å². The maximum absolute atomic E-state index is 12.8. The van der Waals surface area contributed by atoms with Gasteiger partial charge in [-0.25, -0.2) is 4.98 Å². The van der Waals surface area contributed by atoms with E-state index in [1.807, 2.05) is 32.0 Å². The Morgan fingerprint density at radius 3 is 2.61 bits per heavy atom. The van der Waals surface area contributed by atoms with Crippen molar-refractivity contribution in [2.45, 2.75) is 26.8 Å². The van der Waals surface area contributed by atoms with Gasteiger partial charge in [0.1, 0.15) is 9.88 Å². The highest BCUT2D eigenvalue weighted by Crippen LogP contribution is 2.29. The van der Waals surface area contributed by atoms with Gasteiger partial charge < -0.3 is 10.6 Å². The zero-order valence-electron chi connectivity index (χ0n) is 15.6. The largest absolute Gasteiger partial charge is 0.350 e. The lowest BCUT2D eigenvalue weighted by Gasteiger charge is -2.11. The van der Waals surface area contributed by atoms with Gasteiger partial charge in [0.25, 0.3) is 11.8 Å². The summed E-state index contributed by atoms with van der Waals surface area (Å²) in [6.07, 6.45) is 1.68. The van der Waals surface area contributed by atoms with E-state index in [2.05, 4.69) is 20.6 Å². The molecular weight excluding hydrogens is 396 g/mol. The number of thiazole rings is 1. The molecule has 2 aromatic heterocycles. The van der Waals surface area contributed by atoms with Crippen molar-refractivity contribution >= 4 is 40.4 Å². The van der Waals surface area contributed by atoms with E-state index in [1.165, 1.54) is 11.3 Å². The van der Waals surface area contributed by atoms with Crippen molar-refractivity contribution in [2.75, 3.05) is 5.32 Å². The number of hydrogen-bond acceptors (Lipinski definition) is 5. The number of benzene rings is 1. The van der Waals surface area contributed by atoms with Crippen LogP contribution in [0.5, 0.6) is 0 Å². The zero-order chi connectivity index (χ0) is 20.3. The Kier molecular flexibility index (Phi) is 6.06. The number of aryl methyl sites for hydroxylation is 1. The Morgan fingerprint density at radius 1 is 1.14 bits per heavy atom. The maximum atomic E-state index is 12.8. The minimum absolute atomic E-state index is 0.00563. The van der Waals surface area contributed by atoms with E-state index >= 15 is 0 Å². The molecule has 0 aliphatic rings. The minimum atomic E-state index is -0.333. The highest BCUT2D eigenvalue weighted by molar-refractivity contribution is 7.17. The number of amides is 2. The maximum Gasteiger partial charge on any atom is 0.267 e. The van der Waals surface area contributed by atoms with Crippen LogP contribution < -0.4 is 10.6 Å². The second-order valence-electron chi connectivity index (χ2n) is 6.43. The first-order valence-electron chi connectivity index (χ1n) is 8.65. The normalized spacial score (nSPS) is 10.8. The van der Waals surface area contributed by atoms with Gasteiger partial charge in [0.2, 0.25) is 0 Å². The summed E-state index contributed by atoms with van der Waals surface area (Å²) in [4.78, 5) is 34.2. The molecule has 0 bridgehead atoms. The van der Waals surface area contributed by atoms with Gasteiger partial charge in [-0.3, -0.25) is 14.6 Å². The van der Waals surface area contributed by atoms with Crippen LogP contribution in [0.2, 0.25) is 5.02 Å². The molecule has 0 fully saturated rings. The Bertz CT molecular complexity index is 1020. The predicted molar refractivity (Wildman–Crippen MR) is 112 cm³/mol. The SMILES string of the molecule is Cc1nc(-c2ccccn2)sc1C(=O)Nc1cc(C(=O)NC(C)C)ccc1Cl. The van der Waals surface area contributed by atoms with Gasteiger partial charge in [-0.05, 0) is 51.1 Å². The van der Waals surface area contributed by atoms with Gasteiger partial charge in [0.15, 0.2) is 0 Å². The van der Waals surface area contributed by atoms with Crippen LogP contribution in [0.25, 0.3) is 10.7 Å². The van der Waals surface area contributed by atoms with Crippen LogP contribution in [0.15, 0.2) is 42.6 Å². The minimum Gasteiger partial charge on any atom is -0.350 e. The van der Waals surface area contributed by atoms with Crippen LogP contribution >= 0.6 is 22.9 Å². The number of rotatable bonds is 5. The van der Waals surface area contributed by atoms with Crippen LogP contribution in [0.1, 0.15) is 39.6 Å². The van der Waals surface area contributed by atoms with Crippen molar-refractivity contribution in [3.63, 3.8) is 0 Å². The first kappa shape index (κ1) is 20.0. The van der Waals surface area contributed by atoms with E-state index in [0.29, 0.717) is 37.5 Å². The molecule has 28 heavy (non-hydrogen) atoms. The van der Waals surface area contributed by atoms with Crippen molar-refractivity contribution < 1.29 is 9.59 Å². The first-order valence-corrected chi connectivity index (χ1v) is 9.85. The van der Waals surface area contributed by atoms with E-state index in [4.69, 9.17) is 11.6 Å². The second kappa shape index (κ2) is 8.50. The molecular formula is C20H19ClN4O2S. The van der Waals surface area contributed by atoms with Gasteiger partial charge in [-0.2, -0.15) is 0 Å². The first-order chi connectivity index (χ1) is 13.3. The monoisotopic (exact) mass is 414 g/mol. The lowest BCUT2D eigenvalue weighted by Crippen LogP contribution is -2.30. The number of aromatic nitrogens is 2. The fourth-order valence-electron chi connectivity index (χ4n) is 2.49. The van der Waals surface area contributed by atoms with E-state index in [1.54, 1.807) is 31.3 Å². The molecule has 3 aromatic rings. The summed E-state index contributed by atoms with van der Waals surface area (Å²) >= 11 is 7.47. The van der Waals surface area contributed by atoms with E-state index in [-0.39, 0.29) is 17.9 Å². The lowest BCUT2D eigenvalue weighted by molar-refractivity contribution is 0.0942. The van der Waals surface area contributed by atoms with Crippen LogP contribution in [0.3, 0.4) is 0 Å². The summed E-state index contributed by atoms with van der Waals surface area (Å²) in [5, 5.41) is 6.61. The number of anilines is 1. The van der Waals surface area contributed by atoms with Crippen molar-refractivity contribution in [3.05, 3.63) is 63.8 Å². The molecule has 1 aromatic carbocycles. The third-order valence-electron chi connectivity index (χ3n) is 3.78. The number of halogens is 1. The van der Waals surface area contributed by atoms with Crippen LogP contribution in [0, 0.1) is 6.92 Å². The summed E-state index contributed by atoms with van der Waals surface area (Å²) in [5.41, 5.74) is 2.10. The van der Waals surface area contributed by atoms with Crippen molar-refractivity contribution in [1.29, 1.82) is 0 Å². The molecule has 0 saturated carbocycles. The molecule has 0 aliphatic heterocycles. The molecule has 2 amide bonds. The molecule has 0 unspecified atom stereocenters. The van der Waals surface area contributed by atoms with Gasteiger partial charge in [0, 0.05) is 17.8 Å². The van der Waals surface area contributed by atoms with Gasteiger partial charge in [-0.1, -0.05) is 17.7 Å².